The van der Waals surface area contributed by atoms with Crippen LogP contribution in [-0.2, 0) is 9.59 Å². The first-order valence-corrected chi connectivity index (χ1v) is 21.1. The zero-order valence-electron chi connectivity index (χ0n) is 29.2. The predicted octanol–water partition coefficient (Wildman–Crippen LogP) is 8.29. The molecule has 0 aliphatic rings. The van der Waals surface area contributed by atoms with Crippen LogP contribution in [-0.4, -0.2) is 56.8 Å². The van der Waals surface area contributed by atoms with Crippen LogP contribution < -0.4 is 10.6 Å². The molecule has 0 fully saturated rings. The van der Waals surface area contributed by atoms with Crippen LogP contribution in [0, 0.1) is 0 Å². The van der Waals surface area contributed by atoms with Crippen molar-refractivity contribution in [3.8, 4) is 0 Å². The Morgan fingerprint density at radius 1 is 0.659 bits per heavy atom. The molecular formula is C37H74N2O4Si. The highest BCUT2D eigenvalue weighted by Gasteiger charge is 2.17. The van der Waals surface area contributed by atoms with Crippen LogP contribution in [0.1, 0.15) is 174 Å². The molecular weight excluding hydrogens is 565 g/mol. The molecule has 0 bridgehead atoms. The molecule has 0 unspecified atom stereocenters. The van der Waals surface area contributed by atoms with Crippen molar-refractivity contribution in [2.24, 2.45) is 0 Å². The Kier molecular flexibility index (Phi) is 33.8. The summed E-state index contributed by atoms with van der Waals surface area (Å²) in [5.41, 5.74) is 0. The van der Waals surface area contributed by atoms with Crippen LogP contribution in [0.2, 0.25) is 12.1 Å². The standard InChI is InChI=1S/C37H74N2O4Si/c1-3-5-6-7-8-9-10-11-12-15-18-21-24-28-35(41)34(33-40)39-37(43)30-26-23-20-17-14-13-16-19-22-25-29-36(42)38-31-27-32-44-4-2/h24,28,34-35,40-41H,3-23,25-27,29-33,44H2,1-2H3,(H,38,42)(H,39,43)/b28-24+/t34-,35+/m1/s1. The Hall–Kier alpha value is -1.18. The highest BCUT2D eigenvalue weighted by atomic mass is 28.2. The Morgan fingerprint density at radius 2 is 1.14 bits per heavy atom. The molecule has 0 saturated carbocycles. The summed E-state index contributed by atoms with van der Waals surface area (Å²) >= 11 is 0. The number of aliphatic hydroxyl groups is 2. The third-order valence-electron chi connectivity index (χ3n) is 8.67. The van der Waals surface area contributed by atoms with E-state index in [0.717, 1.165) is 57.9 Å². The minimum atomic E-state index is -0.852. The smallest absolute Gasteiger partial charge is 0.220 e. The molecule has 0 aliphatic carbocycles. The van der Waals surface area contributed by atoms with Gasteiger partial charge in [0, 0.05) is 28.9 Å². The van der Waals surface area contributed by atoms with Gasteiger partial charge >= 0.3 is 0 Å². The highest BCUT2D eigenvalue weighted by molar-refractivity contribution is 6.35. The van der Waals surface area contributed by atoms with Crippen molar-refractivity contribution < 1.29 is 19.8 Å². The van der Waals surface area contributed by atoms with Gasteiger partial charge in [-0.1, -0.05) is 154 Å². The number of unbranched alkanes of at least 4 members (excludes halogenated alkanes) is 20. The maximum absolute atomic E-state index is 12.3. The normalized spacial score (nSPS) is 13.2. The second-order valence-electron chi connectivity index (χ2n) is 13.0. The van der Waals surface area contributed by atoms with Crippen molar-refractivity contribution >= 4 is 21.3 Å². The molecule has 2 atom stereocenters. The van der Waals surface area contributed by atoms with Gasteiger partial charge in [-0.25, -0.2) is 0 Å². The fourth-order valence-electron chi connectivity index (χ4n) is 5.67. The average molecular weight is 639 g/mol. The SMILES string of the molecule is CCCCCCCCCCCCC/C=C/[C@H](O)[C@@H](CO)NC(=O)CCCCCCCCCCCCC(=O)NCCC[SiH2]CC. The van der Waals surface area contributed by atoms with Gasteiger partial charge in [0.15, 0.2) is 0 Å². The number of hydrogen-bond acceptors (Lipinski definition) is 4. The summed E-state index contributed by atoms with van der Waals surface area (Å²) in [7, 11) is 0.137. The van der Waals surface area contributed by atoms with E-state index in [1.54, 1.807) is 6.08 Å². The number of nitrogens with one attached hydrogen (secondary N) is 2. The summed E-state index contributed by atoms with van der Waals surface area (Å²) in [6.45, 7) is 5.12. The minimum Gasteiger partial charge on any atom is -0.394 e. The van der Waals surface area contributed by atoms with Gasteiger partial charge in [-0.3, -0.25) is 9.59 Å². The molecule has 0 aliphatic heterocycles. The molecule has 0 aromatic heterocycles. The van der Waals surface area contributed by atoms with Gasteiger partial charge in [0.25, 0.3) is 0 Å². The summed E-state index contributed by atoms with van der Waals surface area (Å²) in [6.07, 6.45) is 31.9. The molecule has 0 aromatic carbocycles. The molecule has 0 heterocycles. The van der Waals surface area contributed by atoms with E-state index >= 15 is 0 Å². The lowest BCUT2D eigenvalue weighted by Gasteiger charge is -2.20. The molecule has 0 radical (unpaired) electrons. The van der Waals surface area contributed by atoms with E-state index in [2.05, 4.69) is 24.5 Å². The molecule has 4 N–H and O–H groups in total. The molecule has 7 heteroatoms. The van der Waals surface area contributed by atoms with Gasteiger partial charge in [-0.2, -0.15) is 0 Å². The molecule has 6 nitrogen and oxygen atoms in total. The topological polar surface area (TPSA) is 98.7 Å². The number of amides is 2. The monoisotopic (exact) mass is 639 g/mol. The third-order valence-corrected chi connectivity index (χ3v) is 10.4. The van der Waals surface area contributed by atoms with E-state index in [1.165, 1.54) is 108 Å². The number of carbonyl (C=O) groups excluding carboxylic acids is 2. The number of hydrogen-bond donors (Lipinski definition) is 4. The van der Waals surface area contributed by atoms with E-state index < -0.39 is 12.1 Å². The van der Waals surface area contributed by atoms with Gasteiger partial charge in [0.1, 0.15) is 0 Å². The zero-order chi connectivity index (χ0) is 32.4. The lowest BCUT2D eigenvalue weighted by atomic mass is 10.0. The van der Waals surface area contributed by atoms with Crippen molar-refractivity contribution in [1.29, 1.82) is 0 Å². The number of aliphatic hydroxyl groups excluding tert-OH is 2. The molecule has 44 heavy (non-hydrogen) atoms. The fourth-order valence-corrected chi connectivity index (χ4v) is 6.77. The van der Waals surface area contributed by atoms with Gasteiger partial charge in [0.05, 0.1) is 18.8 Å². The first-order valence-electron chi connectivity index (χ1n) is 19.1. The van der Waals surface area contributed by atoms with Crippen molar-refractivity contribution in [2.75, 3.05) is 13.2 Å². The van der Waals surface area contributed by atoms with Crippen LogP contribution in [0.3, 0.4) is 0 Å². The Balaban J connectivity index is 3.61. The van der Waals surface area contributed by atoms with Gasteiger partial charge in [0.2, 0.25) is 11.8 Å². The lowest BCUT2D eigenvalue weighted by Crippen LogP contribution is -2.45. The fraction of sp³-hybridized carbons (Fsp3) is 0.892. The van der Waals surface area contributed by atoms with Crippen LogP contribution >= 0.6 is 0 Å². The van der Waals surface area contributed by atoms with Crippen molar-refractivity contribution in [2.45, 2.75) is 199 Å². The number of rotatable bonds is 34. The summed E-state index contributed by atoms with van der Waals surface area (Å²) < 4.78 is 0. The zero-order valence-corrected chi connectivity index (χ0v) is 30.6. The molecule has 260 valence electrons. The summed E-state index contributed by atoms with van der Waals surface area (Å²) in [4.78, 5) is 24.2. The Morgan fingerprint density at radius 3 is 1.64 bits per heavy atom. The quantitative estimate of drug-likeness (QED) is 0.0324. The molecule has 0 rings (SSSR count). The molecule has 0 saturated heterocycles. The van der Waals surface area contributed by atoms with Gasteiger partial charge in [-0.05, 0) is 32.1 Å². The summed E-state index contributed by atoms with van der Waals surface area (Å²) in [5, 5.41) is 25.9. The minimum absolute atomic E-state index is 0.0892. The second kappa shape index (κ2) is 34.7. The number of carbonyl (C=O) groups is 2. The van der Waals surface area contributed by atoms with E-state index in [-0.39, 0.29) is 27.9 Å². The van der Waals surface area contributed by atoms with Crippen LogP contribution in [0.15, 0.2) is 12.2 Å². The Bertz CT molecular complexity index is 661. The van der Waals surface area contributed by atoms with Gasteiger partial charge < -0.3 is 20.8 Å². The maximum Gasteiger partial charge on any atom is 0.220 e. The third kappa shape index (κ3) is 30.8. The highest BCUT2D eigenvalue weighted by Crippen LogP contribution is 2.14. The summed E-state index contributed by atoms with van der Waals surface area (Å²) in [6, 6.07) is 2.07. The van der Waals surface area contributed by atoms with Crippen molar-refractivity contribution in [1.82, 2.24) is 10.6 Å². The van der Waals surface area contributed by atoms with E-state index in [4.69, 9.17) is 0 Å². The van der Waals surface area contributed by atoms with Crippen LogP contribution in [0.5, 0.6) is 0 Å². The summed E-state index contributed by atoms with van der Waals surface area (Å²) in [5.74, 6) is 0.135. The van der Waals surface area contributed by atoms with Crippen LogP contribution in [0.25, 0.3) is 0 Å². The Labute approximate surface area is 275 Å². The maximum atomic E-state index is 12.3. The molecule has 0 aromatic rings. The van der Waals surface area contributed by atoms with Crippen LogP contribution in [0.4, 0.5) is 0 Å². The van der Waals surface area contributed by atoms with E-state index in [1.807, 2.05) is 6.08 Å². The van der Waals surface area contributed by atoms with Gasteiger partial charge in [-0.15, -0.1) is 0 Å². The average Bonchev–Trinajstić information content (AvgIpc) is 3.02. The van der Waals surface area contributed by atoms with Crippen molar-refractivity contribution in [3.63, 3.8) is 0 Å². The molecule has 2 amide bonds. The predicted molar refractivity (Wildman–Crippen MR) is 192 cm³/mol. The first kappa shape index (κ1) is 42.8. The lowest BCUT2D eigenvalue weighted by molar-refractivity contribution is -0.123. The van der Waals surface area contributed by atoms with E-state index in [9.17, 15) is 19.8 Å². The van der Waals surface area contributed by atoms with E-state index in [0.29, 0.717) is 12.8 Å². The molecule has 0 spiro atoms. The first-order chi connectivity index (χ1) is 21.5. The second-order valence-corrected chi connectivity index (χ2v) is 15.5. The number of allylic oxidation sites excluding steroid dienone is 1. The van der Waals surface area contributed by atoms with Crippen molar-refractivity contribution in [3.05, 3.63) is 12.2 Å². The largest absolute Gasteiger partial charge is 0.394 e.